The fourth-order valence-electron chi connectivity index (χ4n) is 1.96. The first-order valence-corrected chi connectivity index (χ1v) is 7.08. The second-order valence-corrected chi connectivity index (χ2v) is 5.08. The number of nitro groups is 1. The summed E-state index contributed by atoms with van der Waals surface area (Å²) in [6, 6.07) is 13.5. The van der Waals surface area contributed by atoms with Gasteiger partial charge in [-0.1, -0.05) is 29.8 Å². The molecule has 0 atom stereocenters. The van der Waals surface area contributed by atoms with Gasteiger partial charge in [0.25, 0.3) is 5.69 Å². The van der Waals surface area contributed by atoms with Gasteiger partial charge < -0.3 is 9.15 Å². The highest BCUT2D eigenvalue weighted by atomic mass is 35.5. The number of halogens is 1. The van der Waals surface area contributed by atoms with Crippen LogP contribution in [0.4, 0.5) is 5.69 Å². The maximum absolute atomic E-state index is 10.7. The lowest BCUT2D eigenvalue weighted by molar-refractivity contribution is -0.384. The van der Waals surface area contributed by atoms with E-state index in [4.69, 9.17) is 20.8 Å². The summed E-state index contributed by atoms with van der Waals surface area (Å²) >= 11 is 5.97. The monoisotopic (exact) mass is 330 g/mol. The molecule has 0 unspecified atom stereocenters. The van der Waals surface area contributed by atoms with Gasteiger partial charge in [0.2, 0.25) is 5.89 Å². The van der Waals surface area contributed by atoms with Crippen molar-refractivity contribution in [3.8, 4) is 17.2 Å². The first-order valence-electron chi connectivity index (χ1n) is 6.70. The van der Waals surface area contributed by atoms with Gasteiger partial charge in [0.15, 0.2) is 0 Å². The van der Waals surface area contributed by atoms with Gasteiger partial charge in [-0.25, -0.2) is 4.98 Å². The lowest BCUT2D eigenvalue weighted by Gasteiger charge is -2.05. The number of nitrogens with zero attached hydrogens (tertiary/aromatic N) is 2. The summed E-state index contributed by atoms with van der Waals surface area (Å²) < 4.78 is 10.9. The zero-order valence-electron chi connectivity index (χ0n) is 11.8. The largest absolute Gasteiger partial charge is 0.486 e. The van der Waals surface area contributed by atoms with Gasteiger partial charge >= 0.3 is 0 Å². The number of non-ortho nitro benzene ring substituents is 1. The van der Waals surface area contributed by atoms with Crippen molar-refractivity contribution in [2.45, 2.75) is 6.61 Å². The van der Waals surface area contributed by atoms with Crippen molar-refractivity contribution in [3.05, 3.63) is 75.6 Å². The molecule has 0 fully saturated rings. The molecule has 7 heteroatoms. The number of rotatable bonds is 5. The number of nitro benzene ring substituents is 1. The number of aromatic nitrogens is 1. The van der Waals surface area contributed by atoms with Crippen LogP contribution in [0.15, 0.2) is 59.2 Å². The minimum absolute atomic E-state index is 0.0878. The molecule has 0 saturated heterocycles. The Balaban J connectivity index is 1.70. The van der Waals surface area contributed by atoms with E-state index < -0.39 is 4.92 Å². The van der Waals surface area contributed by atoms with Crippen LogP contribution in [0.3, 0.4) is 0 Å². The Hall–Kier alpha value is -2.86. The summed E-state index contributed by atoms with van der Waals surface area (Å²) in [6.45, 7) is 0.147. The Morgan fingerprint density at radius 2 is 2.00 bits per heavy atom. The van der Waals surface area contributed by atoms with Crippen LogP contribution >= 0.6 is 11.6 Å². The first-order chi connectivity index (χ1) is 11.1. The van der Waals surface area contributed by atoms with Gasteiger partial charge in [0.05, 0.1) is 9.95 Å². The van der Waals surface area contributed by atoms with Crippen LogP contribution in [0.5, 0.6) is 5.75 Å². The minimum atomic E-state index is -0.514. The molecule has 0 aliphatic rings. The molecule has 3 rings (SSSR count). The van der Waals surface area contributed by atoms with Gasteiger partial charge in [0.1, 0.15) is 24.3 Å². The zero-order valence-corrected chi connectivity index (χ0v) is 12.6. The molecule has 0 aliphatic carbocycles. The van der Waals surface area contributed by atoms with Crippen molar-refractivity contribution in [3.63, 3.8) is 0 Å². The Morgan fingerprint density at radius 1 is 1.22 bits per heavy atom. The fraction of sp³-hybridized carbons (Fsp3) is 0.0625. The van der Waals surface area contributed by atoms with Crippen LogP contribution in [-0.2, 0) is 6.61 Å². The first kappa shape index (κ1) is 15.1. The molecule has 0 saturated carbocycles. The van der Waals surface area contributed by atoms with E-state index in [1.807, 2.05) is 30.3 Å². The lowest BCUT2D eigenvalue weighted by atomic mass is 10.2. The van der Waals surface area contributed by atoms with Crippen LogP contribution in [0.2, 0.25) is 5.02 Å². The van der Waals surface area contributed by atoms with E-state index in [0.717, 1.165) is 5.56 Å². The molecule has 0 spiro atoms. The van der Waals surface area contributed by atoms with E-state index in [2.05, 4.69) is 4.98 Å². The highest BCUT2D eigenvalue weighted by Gasteiger charge is 2.12. The maximum atomic E-state index is 10.7. The Bertz CT molecular complexity index is 833. The third-order valence-corrected chi connectivity index (χ3v) is 3.37. The topological polar surface area (TPSA) is 78.4 Å². The maximum Gasteiger partial charge on any atom is 0.271 e. The van der Waals surface area contributed by atoms with E-state index in [1.54, 1.807) is 0 Å². The van der Waals surface area contributed by atoms with Crippen molar-refractivity contribution in [2.75, 3.05) is 0 Å². The molecule has 1 aromatic heterocycles. The van der Waals surface area contributed by atoms with Crippen molar-refractivity contribution >= 4 is 17.3 Å². The second-order valence-electron chi connectivity index (χ2n) is 4.67. The molecule has 0 bridgehead atoms. The summed E-state index contributed by atoms with van der Waals surface area (Å²) in [5, 5.41) is 10.8. The van der Waals surface area contributed by atoms with Crippen molar-refractivity contribution in [2.24, 2.45) is 0 Å². The fourth-order valence-corrected chi connectivity index (χ4v) is 2.19. The molecular formula is C16H11ClN2O4. The Morgan fingerprint density at radius 3 is 2.70 bits per heavy atom. The smallest absolute Gasteiger partial charge is 0.271 e. The molecular weight excluding hydrogens is 320 g/mol. The molecule has 0 aliphatic heterocycles. The molecule has 116 valence electrons. The van der Waals surface area contributed by atoms with Gasteiger partial charge in [-0.3, -0.25) is 10.1 Å². The number of hydrogen-bond donors (Lipinski definition) is 0. The molecule has 0 radical (unpaired) electrons. The van der Waals surface area contributed by atoms with Gasteiger partial charge in [-0.05, 0) is 18.2 Å². The van der Waals surface area contributed by atoms with E-state index in [0.29, 0.717) is 17.3 Å². The van der Waals surface area contributed by atoms with E-state index in [1.165, 1.54) is 24.5 Å². The van der Waals surface area contributed by atoms with Crippen LogP contribution in [0.1, 0.15) is 5.69 Å². The number of benzene rings is 2. The summed E-state index contributed by atoms with van der Waals surface area (Å²) in [6.07, 6.45) is 1.50. The van der Waals surface area contributed by atoms with Crippen LogP contribution in [0, 0.1) is 10.1 Å². The third-order valence-electron chi connectivity index (χ3n) is 3.07. The van der Waals surface area contributed by atoms with Gasteiger partial charge in [-0.15, -0.1) is 0 Å². The molecule has 1 heterocycles. The van der Waals surface area contributed by atoms with E-state index >= 15 is 0 Å². The van der Waals surface area contributed by atoms with Crippen LogP contribution in [0.25, 0.3) is 11.5 Å². The standard InChI is InChI=1S/C16H11ClN2O4/c17-14-8-13(19(20)21)6-7-15(14)22-9-12-10-23-16(18-12)11-4-2-1-3-5-11/h1-8,10H,9H2. The minimum Gasteiger partial charge on any atom is -0.486 e. The summed E-state index contributed by atoms with van der Waals surface area (Å²) in [5.74, 6) is 0.848. The van der Waals surface area contributed by atoms with Crippen molar-refractivity contribution in [1.29, 1.82) is 0 Å². The highest BCUT2D eigenvalue weighted by molar-refractivity contribution is 6.32. The number of hydrogen-bond acceptors (Lipinski definition) is 5. The molecule has 6 nitrogen and oxygen atoms in total. The highest BCUT2D eigenvalue weighted by Crippen LogP contribution is 2.29. The van der Waals surface area contributed by atoms with E-state index in [9.17, 15) is 10.1 Å². The molecule has 23 heavy (non-hydrogen) atoms. The summed E-state index contributed by atoms with van der Waals surface area (Å²) in [4.78, 5) is 14.5. The normalized spacial score (nSPS) is 10.5. The number of ether oxygens (including phenoxy) is 1. The summed E-state index contributed by atoms with van der Waals surface area (Å²) in [5.41, 5.74) is 1.38. The van der Waals surface area contributed by atoms with Gasteiger partial charge in [0, 0.05) is 17.7 Å². The second kappa shape index (κ2) is 6.50. The van der Waals surface area contributed by atoms with E-state index in [-0.39, 0.29) is 17.3 Å². The zero-order chi connectivity index (χ0) is 16.2. The predicted molar refractivity (Wildman–Crippen MR) is 84.4 cm³/mol. The molecule has 0 N–H and O–H groups in total. The lowest BCUT2D eigenvalue weighted by Crippen LogP contribution is -1.97. The number of oxazole rings is 1. The van der Waals surface area contributed by atoms with Gasteiger partial charge in [-0.2, -0.15) is 0 Å². The average Bonchev–Trinajstić information content (AvgIpc) is 3.03. The molecule has 2 aromatic carbocycles. The van der Waals surface area contributed by atoms with Crippen LogP contribution < -0.4 is 4.74 Å². The van der Waals surface area contributed by atoms with Crippen LogP contribution in [-0.4, -0.2) is 9.91 Å². The summed E-state index contributed by atoms with van der Waals surface area (Å²) in [7, 11) is 0. The average molecular weight is 331 g/mol. The molecule has 3 aromatic rings. The predicted octanol–water partition coefficient (Wildman–Crippen LogP) is 4.48. The Kier molecular flexibility index (Phi) is 4.25. The quantitative estimate of drug-likeness (QED) is 0.509. The van der Waals surface area contributed by atoms with Crippen molar-refractivity contribution in [1.82, 2.24) is 4.98 Å². The third kappa shape index (κ3) is 3.49. The Labute approximate surface area is 136 Å². The SMILES string of the molecule is O=[N+]([O-])c1ccc(OCc2coc(-c3ccccc3)n2)c(Cl)c1. The molecule has 0 amide bonds. The van der Waals surface area contributed by atoms with Crippen molar-refractivity contribution < 1.29 is 14.1 Å².